The number of aromatic nitrogens is 2. The molecule has 0 bridgehead atoms. The van der Waals surface area contributed by atoms with Gasteiger partial charge in [-0.05, 0) is 37.7 Å². The molecule has 3 rings (SSSR count). The summed E-state index contributed by atoms with van der Waals surface area (Å²) in [5.74, 6) is -0.113. The van der Waals surface area contributed by atoms with Crippen LogP contribution in [0.3, 0.4) is 0 Å². The lowest BCUT2D eigenvalue weighted by atomic mass is 10.2. The number of rotatable bonds is 4. The van der Waals surface area contributed by atoms with Crippen molar-refractivity contribution in [3.63, 3.8) is 0 Å². The van der Waals surface area contributed by atoms with E-state index in [1.807, 2.05) is 13.8 Å². The summed E-state index contributed by atoms with van der Waals surface area (Å²) < 4.78 is 6.64. The van der Waals surface area contributed by atoms with Crippen molar-refractivity contribution in [2.75, 3.05) is 6.61 Å². The smallest absolute Gasteiger partial charge is 0.329 e. The third-order valence-corrected chi connectivity index (χ3v) is 5.17. The van der Waals surface area contributed by atoms with Gasteiger partial charge in [0.1, 0.15) is 10.9 Å². The number of carbonyl (C=O) groups excluding carboxylic acids is 1. The van der Waals surface area contributed by atoms with E-state index in [-0.39, 0.29) is 17.4 Å². The molecule has 0 saturated carbocycles. The predicted molar refractivity (Wildman–Crippen MR) is 86.4 cm³/mol. The predicted octanol–water partition coefficient (Wildman–Crippen LogP) is 2.71. The van der Waals surface area contributed by atoms with Crippen molar-refractivity contribution in [1.29, 1.82) is 0 Å². The first-order chi connectivity index (χ1) is 10.5. The molecule has 0 spiro atoms. The second-order valence-corrected chi connectivity index (χ2v) is 7.28. The molecule has 22 heavy (non-hydrogen) atoms. The standard InChI is InChI=1S/C16H20N2O3S/c1-9(2)7-21-16(20)10(3)18-8-17-14-13(15(18)19)11-5-4-6-12(11)22-14/h8-10H,4-7H2,1-3H3/t10-/m0/s1. The average molecular weight is 320 g/mol. The van der Waals surface area contributed by atoms with Gasteiger partial charge >= 0.3 is 5.97 Å². The van der Waals surface area contributed by atoms with E-state index < -0.39 is 6.04 Å². The molecule has 0 fully saturated rings. The van der Waals surface area contributed by atoms with Crippen molar-refractivity contribution in [3.05, 3.63) is 27.1 Å². The molecule has 2 aromatic rings. The molecule has 0 aromatic carbocycles. The van der Waals surface area contributed by atoms with Crippen LogP contribution in [-0.2, 0) is 22.4 Å². The monoisotopic (exact) mass is 320 g/mol. The molecule has 1 aliphatic rings. The largest absolute Gasteiger partial charge is 0.464 e. The van der Waals surface area contributed by atoms with E-state index in [9.17, 15) is 9.59 Å². The number of thiophene rings is 1. The second kappa shape index (κ2) is 5.83. The Labute approximate surface area is 132 Å². The highest BCUT2D eigenvalue weighted by Crippen LogP contribution is 2.34. The minimum atomic E-state index is -0.653. The molecule has 0 unspecified atom stereocenters. The molecule has 0 N–H and O–H groups in total. The van der Waals surface area contributed by atoms with Gasteiger partial charge in [-0.1, -0.05) is 13.8 Å². The number of hydrogen-bond acceptors (Lipinski definition) is 5. The summed E-state index contributed by atoms with van der Waals surface area (Å²) in [6.45, 7) is 6.00. The van der Waals surface area contributed by atoms with Gasteiger partial charge in [0, 0.05) is 4.88 Å². The second-order valence-electron chi connectivity index (χ2n) is 6.19. The molecule has 118 valence electrons. The lowest BCUT2D eigenvalue weighted by molar-refractivity contribution is -0.148. The molecule has 2 aromatic heterocycles. The van der Waals surface area contributed by atoms with E-state index in [4.69, 9.17) is 4.74 Å². The third kappa shape index (κ3) is 2.56. The van der Waals surface area contributed by atoms with Gasteiger partial charge in [0.05, 0.1) is 18.3 Å². The number of nitrogens with zero attached hydrogens (tertiary/aromatic N) is 2. The zero-order chi connectivity index (χ0) is 15.9. The van der Waals surface area contributed by atoms with E-state index >= 15 is 0 Å². The van der Waals surface area contributed by atoms with Gasteiger partial charge in [0.25, 0.3) is 5.56 Å². The van der Waals surface area contributed by atoms with Crippen LogP contribution in [0, 0.1) is 5.92 Å². The van der Waals surface area contributed by atoms with Crippen molar-refractivity contribution < 1.29 is 9.53 Å². The summed E-state index contributed by atoms with van der Waals surface area (Å²) in [5.41, 5.74) is 1.01. The van der Waals surface area contributed by atoms with Gasteiger partial charge in [-0.2, -0.15) is 0 Å². The zero-order valence-electron chi connectivity index (χ0n) is 13.1. The van der Waals surface area contributed by atoms with Crippen molar-refractivity contribution in [3.8, 4) is 0 Å². The normalized spacial score (nSPS) is 15.3. The summed E-state index contributed by atoms with van der Waals surface area (Å²) in [6, 6.07) is -0.653. The Balaban J connectivity index is 1.96. The molecule has 1 aliphatic carbocycles. The molecule has 5 nitrogen and oxygen atoms in total. The first-order valence-corrected chi connectivity index (χ1v) is 8.48. The maximum absolute atomic E-state index is 12.8. The fourth-order valence-corrected chi connectivity index (χ4v) is 3.98. The maximum Gasteiger partial charge on any atom is 0.329 e. The Bertz CT molecular complexity index is 776. The molecule has 1 atom stereocenters. The SMILES string of the molecule is CC(C)COC(=O)[C@H](C)n1cnc2sc3c(c2c1=O)CCC3. The molecular weight excluding hydrogens is 300 g/mol. The van der Waals surface area contributed by atoms with Crippen LogP contribution in [0.5, 0.6) is 0 Å². The molecule has 6 heteroatoms. The Morgan fingerprint density at radius 1 is 1.41 bits per heavy atom. The van der Waals surface area contributed by atoms with Crippen LogP contribution in [0.4, 0.5) is 0 Å². The Morgan fingerprint density at radius 3 is 2.91 bits per heavy atom. The van der Waals surface area contributed by atoms with Crippen molar-refractivity contribution in [2.24, 2.45) is 5.92 Å². The van der Waals surface area contributed by atoms with Gasteiger partial charge in [-0.25, -0.2) is 9.78 Å². The molecular formula is C16H20N2O3S. The van der Waals surface area contributed by atoms with Crippen LogP contribution in [0.1, 0.15) is 43.7 Å². The number of fused-ring (bicyclic) bond motifs is 3. The van der Waals surface area contributed by atoms with Crippen LogP contribution >= 0.6 is 11.3 Å². The highest BCUT2D eigenvalue weighted by Gasteiger charge is 2.24. The number of esters is 1. The van der Waals surface area contributed by atoms with Gasteiger partial charge in [-0.3, -0.25) is 9.36 Å². The fourth-order valence-electron chi connectivity index (χ4n) is 2.76. The Morgan fingerprint density at radius 2 is 2.18 bits per heavy atom. The topological polar surface area (TPSA) is 61.2 Å². The number of aryl methyl sites for hydroxylation is 2. The molecule has 0 amide bonds. The lowest BCUT2D eigenvalue weighted by Gasteiger charge is -2.15. The summed E-state index contributed by atoms with van der Waals surface area (Å²) in [4.78, 5) is 31.3. The average Bonchev–Trinajstić information content (AvgIpc) is 3.04. The van der Waals surface area contributed by atoms with Crippen LogP contribution in [0.2, 0.25) is 0 Å². The van der Waals surface area contributed by atoms with Gasteiger partial charge in [-0.15, -0.1) is 11.3 Å². The minimum absolute atomic E-state index is 0.126. The molecule has 0 radical (unpaired) electrons. The van der Waals surface area contributed by atoms with E-state index in [0.29, 0.717) is 12.0 Å². The summed E-state index contributed by atoms with van der Waals surface area (Å²) in [7, 11) is 0. The summed E-state index contributed by atoms with van der Waals surface area (Å²) >= 11 is 1.60. The van der Waals surface area contributed by atoms with Crippen LogP contribution < -0.4 is 5.56 Å². The van der Waals surface area contributed by atoms with Crippen molar-refractivity contribution >= 4 is 27.5 Å². The van der Waals surface area contributed by atoms with Gasteiger partial charge in [0.2, 0.25) is 0 Å². The quantitative estimate of drug-likeness (QED) is 0.813. The highest BCUT2D eigenvalue weighted by molar-refractivity contribution is 7.18. The molecule has 0 aliphatic heterocycles. The maximum atomic E-state index is 12.8. The molecule has 0 saturated heterocycles. The number of hydrogen-bond donors (Lipinski definition) is 0. The summed E-state index contributed by atoms with van der Waals surface area (Å²) in [5, 5.41) is 0.698. The zero-order valence-corrected chi connectivity index (χ0v) is 13.9. The van der Waals surface area contributed by atoms with Crippen molar-refractivity contribution in [1.82, 2.24) is 9.55 Å². The first kappa shape index (κ1) is 15.2. The fraction of sp³-hybridized carbons (Fsp3) is 0.562. The Kier molecular flexibility index (Phi) is 4.04. The number of ether oxygens (including phenoxy) is 1. The number of carbonyl (C=O) groups is 1. The van der Waals surface area contributed by atoms with E-state index in [1.54, 1.807) is 18.3 Å². The van der Waals surface area contributed by atoms with Gasteiger partial charge < -0.3 is 4.74 Å². The first-order valence-electron chi connectivity index (χ1n) is 7.67. The third-order valence-electron chi connectivity index (χ3n) is 3.97. The molecule has 2 heterocycles. The Hall–Kier alpha value is -1.69. The van der Waals surface area contributed by atoms with Gasteiger partial charge in [0.15, 0.2) is 0 Å². The van der Waals surface area contributed by atoms with Crippen molar-refractivity contribution in [2.45, 2.75) is 46.1 Å². The summed E-state index contributed by atoms with van der Waals surface area (Å²) in [6.07, 6.45) is 4.53. The van der Waals surface area contributed by atoms with Crippen LogP contribution in [0.15, 0.2) is 11.1 Å². The van der Waals surface area contributed by atoms with E-state index in [2.05, 4.69) is 4.98 Å². The van der Waals surface area contributed by atoms with Crippen LogP contribution in [0.25, 0.3) is 10.2 Å². The highest BCUT2D eigenvalue weighted by atomic mass is 32.1. The minimum Gasteiger partial charge on any atom is -0.464 e. The van der Waals surface area contributed by atoms with E-state index in [0.717, 1.165) is 29.7 Å². The lowest BCUT2D eigenvalue weighted by Crippen LogP contribution is -2.30. The van der Waals surface area contributed by atoms with Crippen LogP contribution in [-0.4, -0.2) is 22.1 Å². The van der Waals surface area contributed by atoms with E-state index in [1.165, 1.54) is 15.8 Å².